The highest BCUT2D eigenvalue weighted by Gasteiger charge is 2.46. The standard InChI is InChI=1S/C11H15N2O7P/c1-6-4-13(10(15)12-9(6)14)8-3-11(2,16)7(20-8)5-19-21(17)18/h4,7-8,16H,3,5H2,1-2H3,(H-,12,14,15,17,18)/p+1/t7-,8-,11-/m1/s1. The molecule has 116 valence electrons. The van der Waals surface area contributed by atoms with E-state index in [0.29, 0.717) is 5.56 Å². The Hall–Kier alpha value is -1.38. The summed E-state index contributed by atoms with van der Waals surface area (Å²) < 4.78 is 21.8. The fraction of sp³-hybridized carbons (Fsp3) is 0.636. The third kappa shape index (κ3) is 3.45. The SMILES string of the molecule is Cc1cn([C@H]2C[C@@](C)(O)[C@@H](CO[P+](=O)O)O2)c(=O)[nH]c1=O. The summed E-state index contributed by atoms with van der Waals surface area (Å²) in [7, 11) is -2.80. The zero-order chi connectivity index (χ0) is 15.8. The van der Waals surface area contributed by atoms with Crippen LogP contribution in [0.5, 0.6) is 0 Å². The van der Waals surface area contributed by atoms with E-state index < -0.39 is 37.4 Å². The van der Waals surface area contributed by atoms with Crippen LogP contribution in [0.1, 0.15) is 25.1 Å². The van der Waals surface area contributed by atoms with Crippen molar-refractivity contribution in [3.05, 3.63) is 32.6 Å². The first-order valence-electron chi connectivity index (χ1n) is 6.19. The maximum absolute atomic E-state index is 11.8. The number of nitrogens with zero attached hydrogens (tertiary/aromatic N) is 1. The van der Waals surface area contributed by atoms with Crippen LogP contribution in [0, 0.1) is 6.92 Å². The number of hydrogen-bond donors (Lipinski definition) is 3. The van der Waals surface area contributed by atoms with Crippen LogP contribution in [0.2, 0.25) is 0 Å². The zero-order valence-corrected chi connectivity index (χ0v) is 12.4. The predicted octanol–water partition coefficient (Wildman–Crippen LogP) is -0.450. The Kier molecular flexibility index (Phi) is 4.40. The molecule has 0 amide bonds. The Labute approximate surface area is 120 Å². The van der Waals surface area contributed by atoms with Gasteiger partial charge in [-0.05, 0) is 13.8 Å². The number of aryl methyl sites for hydroxylation is 1. The Morgan fingerprint density at radius 2 is 2.29 bits per heavy atom. The number of ether oxygens (including phenoxy) is 1. The van der Waals surface area contributed by atoms with Crippen molar-refractivity contribution in [1.29, 1.82) is 0 Å². The van der Waals surface area contributed by atoms with E-state index in [1.165, 1.54) is 17.7 Å². The summed E-state index contributed by atoms with van der Waals surface area (Å²) in [4.78, 5) is 33.9. The number of rotatable bonds is 4. The van der Waals surface area contributed by atoms with Gasteiger partial charge in [-0.25, -0.2) is 4.79 Å². The lowest BCUT2D eigenvalue weighted by Gasteiger charge is -2.20. The molecule has 0 bridgehead atoms. The molecule has 0 saturated carbocycles. The van der Waals surface area contributed by atoms with Gasteiger partial charge in [0.25, 0.3) is 5.56 Å². The van der Waals surface area contributed by atoms with Crippen LogP contribution in [0.3, 0.4) is 0 Å². The number of H-pyrrole nitrogens is 1. The molecule has 0 aromatic carbocycles. The molecule has 0 spiro atoms. The second-order valence-corrected chi connectivity index (χ2v) is 5.89. The number of hydrogen-bond acceptors (Lipinski definition) is 6. The van der Waals surface area contributed by atoms with Crippen LogP contribution in [0.15, 0.2) is 15.8 Å². The van der Waals surface area contributed by atoms with Gasteiger partial charge in [-0.15, -0.1) is 9.42 Å². The molecule has 21 heavy (non-hydrogen) atoms. The molecule has 3 N–H and O–H groups in total. The smallest absolute Gasteiger partial charge is 0.387 e. The van der Waals surface area contributed by atoms with Crippen molar-refractivity contribution in [1.82, 2.24) is 9.55 Å². The van der Waals surface area contributed by atoms with E-state index in [-0.39, 0.29) is 13.0 Å². The maximum Gasteiger partial charge on any atom is 0.694 e. The minimum atomic E-state index is -2.80. The average molecular weight is 319 g/mol. The van der Waals surface area contributed by atoms with Crippen molar-refractivity contribution in [2.75, 3.05) is 6.61 Å². The quantitative estimate of drug-likeness (QED) is 0.641. The monoisotopic (exact) mass is 319 g/mol. The third-order valence-corrected chi connectivity index (χ3v) is 3.77. The van der Waals surface area contributed by atoms with Crippen molar-refractivity contribution in [2.45, 2.75) is 38.2 Å². The van der Waals surface area contributed by atoms with Crippen LogP contribution < -0.4 is 11.2 Å². The predicted molar refractivity (Wildman–Crippen MR) is 71.0 cm³/mol. The molecule has 0 radical (unpaired) electrons. The highest BCUT2D eigenvalue weighted by atomic mass is 31.1. The summed E-state index contributed by atoms with van der Waals surface area (Å²) in [6, 6.07) is 0. The van der Waals surface area contributed by atoms with Gasteiger partial charge in [0.1, 0.15) is 18.9 Å². The van der Waals surface area contributed by atoms with Crippen molar-refractivity contribution in [3.63, 3.8) is 0 Å². The number of aromatic amines is 1. The first kappa shape index (κ1) is 16.0. The van der Waals surface area contributed by atoms with Crippen LogP contribution in [0.4, 0.5) is 0 Å². The van der Waals surface area contributed by atoms with Crippen molar-refractivity contribution in [3.8, 4) is 0 Å². The summed E-state index contributed by atoms with van der Waals surface area (Å²) in [5.74, 6) is 0. The highest BCUT2D eigenvalue weighted by molar-refractivity contribution is 7.32. The fourth-order valence-electron chi connectivity index (χ4n) is 2.18. The normalized spacial score (nSPS) is 29.6. The second kappa shape index (κ2) is 5.78. The van der Waals surface area contributed by atoms with Crippen LogP contribution >= 0.6 is 8.25 Å². The molecule has 2 rings (SSSR count). The third-order valence-electron chi connectivity index (χ3n) is 3.40. The number of aromatic nitrogens is 2. The molecular weight excluding hydrogens is 303 g/mol. The van der Waals surface area contributed by atoms with Gasteiger partial charge in [-0.3, -0.25) is 14.3 Å². The first-order valence-corrected chi connectivity index (χ1v) is 7.32. The Bertz CT molecular complexity index is 665. The van der Waals surface area contributed by atoms with E-state index in [4.69, 9.17) is 9.63 Å². The van der Waals surface area contributed by atoms with E-state index in [0.717, 1.165) is 0 Å². The van der Waals surface area contributed by atoms with E-state index >= 15 is 0 Å². The molecule has 2 heterocycles. The first-order chi connectivity index (χ1) is 9.70. The summed E-state index contributed by atoms with van der Waals surface area (Å²) in [5, 5.41) is 10.2. The lowest BCUT2D eigenvalue weighted by atomic mass is 9.98. The highest BCUT2D eigenvalue weighted by Crippen LogP contribution is 2.36. The summed E-state index contributed by atoms with van der Waals surface area (Å²) in [6.45, 7) is 2.74. The van der Waals surface area contributed by atoms with Gasteiger partial charge in [0.05, 0.1) is 5.60 Å². The van der Waals surface area contributed by atoms with E-state index in [1.54, 1.807) is 6.92 Å². The molecule has 1 aromatic rings. The second-order valence-electron chi connectivity index (χ2n) is 5.15. The van der Waals surface area contributed by atoms with Gasteiger partial charge < -0.3 is 9.84 Å². The lowest BCUT2D eigenvalue weighted by Crippen LogP contribution is -2.37. The molecule has 1 unspecified atom stereocenters. The van der Waals surface area contributed by atoms with Gasteiger partial charge in [0.15, 0.2) is 0 Å². The van der Waals surface area contributed by atoms with E-state index in [2.05, 4.69) is 9.51 Å². The fourth-order valence-corrected chi connectivity index (χ4v) is 2.45. The zero-order valence-electron chi connectivity index (χ0n) is 11.5. The summed E-state index contributed by atoms with van der Waals surface area (Å²) in [5.41, 5.74) is -2.14. The Morgan fingerprint density at radius 1 is 1.62 bits per heavy atom. The Balaban J connectivity index is 2.24. The number of aliphatic hydroxyl groups is 1. The molecule has 9 nitrogen and oxygen atoms in total. The van der Waals surface area contributed by atoms with Gasteiger partial charge in [-0.1, -0.05) is 0 Å². The molecule has 1 fully saturated rings. The van der Waals surface area contributed by atoms with E-state index in [9.17, 15) is 19.3 Å². The topological polar surface area (TPSA) is 131 Å². The van der Waals surface area contributed by atoms with Crippen LogP contribution in [-0.2, 0) is 13.8 Å². The molecule has 1 aliphatic rings. The molecule has 1 aliphatic heterocycles. The van der Waals surface area contributed by atoms with E-state index in [1.807, 2.05) is 0 Å². The molecular formula is C11H16N2O7P+. The minimum absolute atomic E-state index is 0.0780. The lowest BCUT2D eigenvalue weighted by molar-refractivity contribution is -0.0708. The molecule has 10 heteroatoms. The van der Waals surface area contributed by atoms with Gasteiger partial charge in [0, 0.05) is 22.7 Å². The minimum Gasteiger partial charge on any atom is -0.387 e. The largest absolute Gasteiger partial charge is 0.694 e. The molecule has 0 aliphatic carbocycles. The average Bonchev–Trinajstić information content (AvgIpc) is 2.66. The van der Waals surface area contributed by atoms with Gasteiger partial charge in [0.2, 0.25) is 0 Å². The van der Waals surface area contributed by atoms with Crippen molar-refractivity contribution >= 4 is 8.25 Å². The van der Waals surface area contributed by atoms with Gasteiger partial charge >= 0.3 is 13.9 Å². The molecule has 1 saturated heterocycles. The van der Waals surface area contributed by atoms with Crippen LogP contribution in [0.25, 0.3) is 0 Å². The molecule has 4 atom stereocenters. The molecule has 1 aromatic heterocycles. The summed E-state index contributed by atoms with van der Waals surface area (Å²) >= 11 is 0. The summed E-state index contributed by atoms with van der Waals surface area (Å²) in [6.07, 6.45) is -0.243. The maximum atomic E-state index is 11.8. The van der Waals surface area contributed by atoms with Gasteiger partial charge in [-0.2, -0.15) is 0 Å². The van der Waals surface area contributed by atoms with Crippen molar-refractivity contribution < 1.29 is 23.8 Å². The van der Waals surface area contributed by atoms with Crippen LogP contribution in [-0.4, -0.2) is 37.9 Å². The van der Waals surface area contributed by atoms with Crippen molar-refractivity contribution in [2.24, 2.45) is 0 Å². The number of nitrogens with one attached hydrogen (secondary N) is 1. The Morgan fingerprint density at radius 3 is 2.90 bits per heavy atom.